The number of ketones is 1. The largest absolute Gasteiger partial charge is 1.00 e. The summed E-state index contributed by atoms with van der Waals surface area (Å²) >= 11 is 2.84. The van der Waals surface area contributed by atoms with Crippen LogP contribution in [0.15, 0.2) is 69.5 Å². The van der Waals surface area contributed by atoms with Crippen LogP contribution < -0.4 is 34.7 Å². The van der Waals surface area contributed by atoms with Gasteiger partial charge in [-0.05, 0) is 18.2 Å². The first-order chi connectivity index (χ1) is 11.2. The molecule has 9 heteroatoms. The summed E-state index contributed by atoms with van der Waals surface area (Å²) in [7, 11) is -4.69. The Bertz CT molecular complexity index is 942. The molecule has 0 saturated heterocycles. The van der Waals surface area contributed by atoms with E-state index in [2.05, 4.69) is 27.5 Å². The van der Waals surface area contributed by atoms with E-state index in [1.807, 2.05) is 0 Å². The first-order valence-electron chi connectivity index (χ1n) is 6.52. The maximum atomic E-state index is 12.4. The van der Waals surface area contributed by atoms with Crippen molar-refractivity contribution in [2.75, 3.05) is 0 Å². The zero-order chi connectivity index (χ0) is 17.9. The zero-order valence-electron chi connectivity index (χ0n) is 13.1. The van der Waals surface area contributed by atoms with Crippen LogP contribution in [0.4, 0.5) is 5.69 Å². The van der Waals surface area contributed by atoms with Crippen molar-refractivity contribution in [3.8, 4) is 0 Å². The summed E-state index contributed by atoms with van der Waals surface area (Å²) in [5, 5.41) is 11.6. The Morgan fingerprint density at radius 2 is 1.72 bits per heavy atom. The summed E-state index contributed by atoms with van der Waals surface area (Å²) in [6.07, 6.45) is 0. The Labute approximate surface area is 175 Å². The van der Waals surface area contributed by atoms with E-state index in [9.17, 15) is 22.9 Å². The van der Waals surface area contributed by atoms with Crippen LogP contribution >= 0.6 is 15.9 Å². The predicted octanol–water partition coefficient (Wildman–Crippen LogP) is -0.533. The third-order valence-corrected chi connectivity index (χ3v) is 4.21. The van der Waals surface area contributed by atoms with Crippen LogP contribution in [-0.2, 0) is 10.1 Å². The van der Waals surface area contributed by atoms with Gasteiger partial charge in [0.2, 0.25) is 0 Å². The van der Waals surface area contributed by atoms with Crippen molar-refractivity contribution < 1.29 is 52.4 Å². The van der Waals surface area contributed by atoms with E-state index >= 15 is 0 Å². The number of halogens is 1. The molecule has 25 heavy (non-hydrogen) atoms. The Morgan fingerprint density at radius 3 is 2.24 bits per heavy atom. The molecular weight excluding hydrogens is 421 g/mol. The van der Waals surface area contributed by atoms with Gasteiger partial charge in [-0.15, -0.1) is 0 Å². The molecule has 2 aromatic carbocycles. The summed E-state index contributed by atoms with van der Waals surface area (Å²) in [6.45, 7) is 3.34. The average molecular weight is 432 g/mol. The molecule has 0 spiro atoms. The van der Waals surface area contributed by atoms with Gasteiger partial charge in [0, 0.05) is 21.5 Å². The molecule has 0 fully saturated rings. The first kappa shape index (κ1) is 21.8. The first-order valence-corrected chi connectivity index (χ1v) is 8.75. The molecule has 0 amide bonds. The fraction of sp³-hybridized carbons (Fsp3) is 0. The molecule has 0 aliphatic rings. The molecule has 0 aliphatic carbocycles. The minimum Gasteiger partial charge on any atom is -0.858 e. The van der Waals surface area contributed by atoms with Crippen molar-refractivity contribution in [1.82, 2.24) is 0 Å². The molecule has 0 bridgehead atoms. The molecule has 0 heterocycles. The fourth-order valence-electron chi connectivity index (χ4n) is 1.88. The van der Waals surface area contributed by atoms with E-state index in [0.717, 1.165) is 6.07 Å². The van der Waals surface area contributed by atoms with Crippen LogP contribution in [-0.4, -0.2) is 24.7 Å². The van der Waals surface area contributed by atoms with Crippen LogP contribution in [0.1, 0.15) is 15.9 Å². The van der Waals surface area contributed by atoms with Crippen molar-refractivity contribution in [3.05, 3.63) is 70.7 Å². The molecule has 0 aromatic heterocycles. The molecule has 0 saturated carbocycles. The monoisotopic (exact) mass is 431 g/mol. The van der Waals surface area contributed by atoms with Gasteiger partial charge < -0.3 is 5.11 Å². The van der Waals surface area contributed by atoms with Crippen molar-refractivity contribution in [2.45, 2.75) is 4.90 Å². The molecule has 0 unspecified atom stereocenters. The molecule has 124 valence electrons. The van der Waals surface area contributed by atoms with Gasteiger partial charge in [-0.25, -0.2) is 0 Å². The Morgan fingerprint density at radius 1 is 1.12 bits per heavy atom. The number of benzene rings is 2. The summed E-state index contributed by atoms with van der Waals surface area (Å²) in [5.74, 6) is -1.23. The predicted molar refractivity (Wildman–Crippen MR) is 91.3 cm³/mol. The van der Waals surface area contributed by atoms with Crippen molar-refractivity contribution in [1.29, 1.82) is 0 Å². The van der Waals surface area contributed by atoms with Gasteiger partial charge in [-0.2, -0.15) is 8.42 Å². The number of aliphatic imine (C=N–C) groups is 1. The van der Waals surface area contributed by atoms with Crippen LogP contribution in [0.3, 0.4) is 0 Å². The SMILES string of the molecule is C=C(Br)C([O-])=Nc1ccc(C(=O)c2ccccc2)cc1S(=O)(=O)O.[Na+]. The maximum absolute atomic E-state index is 12.4. The average Bonchev–Trinajstić information content (AvgIpc) is 2.54. The summed E-state index contributed by atoms with van der Waals surface area (Å²) < 4.78 is 32.4. The minimum atomic E-state index is -4.69. The van der Waals surface area contributed by atoms with Crippen LogP contribution in [0.25, 0.3) is 0 Å². The minimum absolute atomic E-state index is 0. The molecule has 6 nitrogen and oxygen atoms in total. The van der Waals surface area contributed by atoms with Gasteiger partial charge in [0.25, 0.3) is 10.1 Å². The summed E-state index contributed by atoms with van der Waals surface area (Å²) in [6, 6.07) is 11.7. The van der Waals surface area contributed by atoms with E-state index in [0.29, 0.717) is 5.56 Å². The van der Waals surface area contributed by atoms with Gasteiger partial charge >= 0.3 is 29.6 Å². The fourth-order valence-corrected chi connectivity index (χ4v) is 2.62. The Balaban J connectivity index is 0.00000312. The summed E-state index contributed by atoms with van der Waals surface area (Å²) in [5.41, 5.74) is 0.110. The van der Waals surface area contributed by atoms with Crippen LogP contribution in [0, 0.1) is 0 Å². The number of rotatable bonds is 5. The van der Waals surface area contributed by atoms with E-state index in [-0.39, 0.29) is 45.3 Å². The van der Waals surface area contributed by atoms with Crippen molar-refractivity contribution in [3.63, 3.8) is 0 Å². The van der Waals surface area contributed by atoms with E-state index < -0.39 is 26.7 Å². The topological polar surface area (TPSA) is 107 Å². The third kappa shape index (κ3) is 5.60. The van der Waals surface area contributed by atoms with E-state index in [1.54, 1.807) is 30.3 Å². The van der Waals surface area contributed by atoms with Crippen LogP contribution in [0.2, 0.25) is 0 Å². The van der Waals surface area contributed by atoms with Crippen molar-refractivity contribution >= 4 is 43.4 Å². The van der Waals surface area contributed by atoms with E-state index in [1.165, 1.54) is 12.1 Å². The van der Waals surface area contributed by atoms with Gasteiger partial charge in [0.15, 0.2) is 5.78 Å². The number of nitrogens with zero attached hydrogens (tertiary/aromatic N) is 1. The Kier molecular flexibility index (Phi) is 7.73. The molecule has 1 N–H and O–H groups in total. The number of carbonyl (C=O) groups excluding carboxylic acids is 1. The van der Waals surface area contributed by atoms with E-state index in [4.69, 9.17) is 0 Å². The quantitative estimate of drug-likeness (QED) is 0.225. The molecule has 2 rings (SSSR count). The Hall–Kier alpha value is -1.29. The number of carbonyl (C=O) groups is 1. The third-order valence-electron chi connectivity index (χ3n) is 2.99. The molecule has 0 radical (unpaired) electrons. The molecule has 0 atom stereocenters. The summed E-state index contributed by atoms with van der Waals surface area (Å²) in [4.78, 5) is 15.3. The molecular formula is C16H11BrNNaO5S. The van der Waals surface area contributed by atoms with Gasteiger partial charge in [-0.1, -0.05) is 52.8 Å². The van der Waals surface area contributed by atoms with Gasteiger partial charge in [-0.3, -0.25) is 14.3 Å². The second-order valence-corrected chi connectivity index (χ2v) is 7.02. The molecule has 2 aromatic rings. The van der Waals surface area contributed by atoms with Gasteiger partial charge in [0.05, 0.1) is 5.69 Å². The number of hydrogen-bond donors (Lipinski definition) is 1. The number of hydrogen-bond acceptors (Lipinski definition) is 5. The van der Waals surface area contributed by atoms with Crippen LogP contribution in [0.5, 0.6) is 0 Å². The smallest absolute Gasteiger partial charge is 0.858 e. The second-order valence-electron chi connectivity index (χ2n) is 4.67. The van der Waals surface area contributed by atoms with Crippen molar-refractivity contribution in [2.24, 2.45) is 4.99 Å². The zero-order valence-corrected chi connectivity index (χ0v) is 17.5. The van der Waals surface area contributed by atoms with Gasteiger partial charge in [0.1, 0.15) is 4.90 Å². The normalized spacial score (nSPS) is 11.5. The standard InChI is InChI=1S/C16H12BrNO5S.Na/c1-10(17)16(20)18-13-8-7-12(9-14(13)24(21,22)23)15(19)11-5-3-2-4-6-11;/h2-9H,1H2,(H,18,20)(H,21,22,23);/q;+1/p-1. The maximum Gasteiger partial charge on any atom is 1.00 e. The molecule has 0 aliphatic heterocycles. The second kappa shape index (κ2) is 8.88.